The highest BCUT2D eigenvalue weighted by Gasteiger charge is 2.16. The van der Waals surface area contributed by atoms with Gasteiger partial charge in [0.15, 0.2) is 0 Å². The summed E-state index contributed by atoms with van der Waals surface area (Å²) in [6.45, 7) is 0. The van der Waals surface area contributed by atoms with E-state index in [-0.39, 0.29) is 0 Å². The molecular weight excluding hydrogens is 583 g/mol. The Hall–Kier alpha value is -6.38. The smallest absolute Gasteiger partial charge is 0.135 e. The summed E-state index contributed by atoms with van der Waals surface area (Å²) in [6, 6.07) is 67.0. The molecule has 0 spiro atoms. The van der Waals surface area contributed by atoms with Crippen LogP contribution in [-0.4, -0.2) is 0 Å². The molecule has 8 aromatic carbocycles. The summed E-state index contributed by atoms with van der Waals surface area (Å²) in [6.07, 6.45) is 0. The molecule has 0 fully saturated rings. The molecule has 1 aromatic heterocycles. The van der Waals surface area contributed by atoms with Crippen molar-refractivity contribution < 1.29 is 4.42 Å². The number of anilines is 3. The monoisotopic (exact) mass is 613 g/mol. The summed E-state index contributed by atoms with van der Waals surface area (Å²) in [5.41, 5.74) is 12.2. The Balaban J connectivity index is 1.14. The molecule has 48 heavy (non-hydrogen) atoms. The standard InChI is InChI=1S/C46H31NO/c1-2-10-32(11-3-1)33-20-25-38(26-21-33)47(39-27-22-35(23-28-39)42-18-9-13-34-12-4-5-16-41(34)42)40-15-8-14-36(30-40)37-24-29-46-44(31-37)43-17-6-7-19-45(43)48-46/h1-31H. The van der Waals surface area contributed by atoms with Crippen molar-refractivity contribution in [3.8, 4) is 33.4 Å². The lowest BCUT2D eigenvalue weighted by Crippen LogP contribution is -2.10. The quantitative estimate of drug-likeness (QED) is 0.185. The third kappa shape index (κ3) is 5.01. The predicted molar refractivity (Wildman–Crippen MR) is 202 cm³/mol. The van der Waals surface area contributed by atoms with Gasteiger partial charge in [0.25, 0.3) is 0 Å². The van der Waals surface area contributed by atoms with Gasteiger partial charge in [-0.15, -0.1) is 0 Å². The Morgan fingerprint density at radius 1 is 0.312 bits per heavy atom. The van der Waals surface area contributed by atoms with E-state index in [0.717, 1.165) is 50.1 Å². The third-order valence-corrected chi connectivity index (χ3v) is 9.27. The van der Waals surface area contributed by atoms with Gasteiger partial charge in [0, 0.05) is 27.8 Å². The van der Waals surface area contributed by atoms with Gasteiger partial charge >= 0.3 is 0 Å². The van der Waals surface area contributed by atoms with Gasteiger partial charge in [-0.1, -0.05) is 133 Å². The minimum Gasteiger partial charge on any atom is -0.456 e. The van der Waals surface area contributed by atoms with Gasteiger partial charge in [-0.3, -0.25) is 0 Å². The van der Waals surface area contributed by atoms with Gasteiger partial charge in [-0.05, 0) is 98.8 Å². The van der Waals surface area contributed by atoms with Crippen molar-refractivity contribution in [1.82, 2.24) is 0 Å². The van der Waals surface area contributed by atoms with Crippen LogP contribution in [0.1, 0.15) is 0 Å². The lowest BCUT2D eigenvalue weighted by atomic mass is 9.98. The number of fused-ring (bicyclic) bond motifs is 4. The van der Waals surface area contributed by atoms with Crippen molar-refractivity contribution in [3.05, 3.63) is 188 Å². The number of furan rings is 1. The van der Waals surface area contributed by atoms with Gasteiger partial charge in [-0.25, -0.2) is 0 Å². The van der Waals surface area contributed by atoms with Crippen LogP contribution in [-0.2, 0) is 0 Å². The average molecular weight is 614 g/mol. The molecule has 9 aromatic rings. The molecule has 1 heterocycles. The fourth-order valence-electron chi connectivity index (χ4n) is 6.88. The molecule has 2 heteroatoms. The van der Waals surface area contributed by atoms with Crippen molar-refractivity contribution in [3.63, 3.8) is 0 Å². The number of nitrogens with zero attached hydrogens (tertiary/aromatic N) is 1. The zero-order valence-corrected chi connectivity index (χ0v) is 26.3. The first-order valence-electron chi connectivity index (χ1n) is 16.3. The molecule has 0 unspecified atom stereocenters. The van der Waals surface area contributed by atoms with Crippen molar-refractivity contribution in [2.24, 2.45) is 0 Å². The van der Waals surface area contributed by atoms with Crippen LogP contribution in [0.2, 0.25) is 0 Å². The minimum atomic E-state index is 0.905. The molecule has 0 atom stereocenters. The van der Waals surface area contributed by atoms with E-state index in [1.165, 1.54) is 33.0 Å². The number of para-hydroxylation sites is 1. The second-order valence-electron chi connectivity index (χ2n) is 12.2. The summed E-state index contributed by atoms with van der Waals surface area (Å²) >= 11 is 0. The van der Waals surface area contributed by atoms with Gasteiger partial charge in [-0.2, -0.15) is 0 Å². The molecule has 0 aliphatic rings. The van der Waals surface area contributed by atoms with Crippen molar-refractivity contribution in [2.45, 2.75) is 0 Å². The van der Waals surface area contributed by atoms with Crippen LogP contribution < -0.4 is 4.90 Å². The predicted octanol–water partition coefficient (Wildman–Crippen LogP) is 13.2. The van der Waals surface area contributed by atoms with Crippen molar-refractivity contribution in [1.29, 1.82) is 0 Å². The van der Waals surface area contributed by atoms with Crippen molar-refractivity contribution >= 4 is 49.8 Å². The van der Waals surface area contributed by atoms with E-state index in [0.29, 0.717) is 0 Å². The van der Waals surface area contributed by atoms with E-state index in [2.05, 4.69) is 181 Å². The average Bonchev–Trinajstić information content (AvgIpc) is 3.54. The first-order chi connectivity index (χ1) is 23.8. The topological polar surface area (TPSA) is 16.4 Å². The van der Waals surface area contributed by atoms with E-state index in [1.807, 2.05) is 12.1 Å². The Bertz CT molecular complexity index is 2540. The van der Waals surface area contributed by atoms with Crippen LogP contribution in [0.15, 0.2) is 192 Å². The molecule has 0 bridgehead atoms. The molecule has 226 valence electrons. The van der Waals surface area contributed by atoms with E-state index < -0.39 is 0 Å². The third-order valence-electron chi connectivity index (χ3n) is 9.27. The molecule has 9 rings (SSSR count). The Morgan fingerprint density at radius 2 is 0.875 bits per heavy atom. The zero-order chi connectivity index (χ0) is 31.9. The molecule has 0 radical (unpaired) electrons. The second kappa shape index (κ2) is 11.8. The lowest BCUT2D eigenvalue weighted by molar-refractivity contribution is 0.669. The maximum absolute atomic E-state index is 6.12. The van der Waals surface area contributed by atoms with Crippen LogP contribution in [0.25, 0.3) is 66.1 Å². The van der Waals surface area contributed by atoms with Crippen LogP contribution in [0.5, 0.6) is 0 Å². The van der Waals surface area contributed by atoms with Crippen LogP contribution in [0.4, 0.5) is 17.1 Å². The molecule has 2 nitrogen and oxygen atoms in total. The SMILES string of the molecule is c1ccc(-c2ccc(N(c3ccc(-c4cccc5ccccc45)cc3)c3cccc(-c4ccc5oc6ccccc6c5c4)c3)cc2)cc1. The second-order valence-corrected chi connectivity index (χ2v) is 12.2. The first-order valence-corrected chi connectivity index (χ1v) is 16.3. The maximum Gasteiger partial charge on any atom is 0.135 e. The molecule has 0 aliphatic heterocycles. The lowest BCUT2D eigenvalue weighted by Gasteiger charge is -2.26. The van der Waals surface area contributed by atoms with Gasteiger partial charge in [0.1, 0.15) is 11.2 Å². The van der Waals surface area contributed by atoms with Gasteiger partial charge < -0.3 is 9.32 Å². The summed E-state index contributed by atoms with van der Waals surface area (Å²) in [5, 5.41) is 4.77. The molecule has 0 amide bonds. The first kappa shape index (κ1) is 27.9. The Kier molecular flexibility index (Phi) is 6.84. The Labute approximate surface area is 279 Å². The highest BCUT2D eigenvalue weighted by molar-refractivity contribution is 6.06. The fourth-order valence-corrected chi connectivity index (χ4v) is 6.88. The zero-order valence-electron chi connectivity index (χ0n) is 26.3. The van der Waals surface area contributed by atoms with E-state index in [1.54, 1.807) is 0 Å². The van der Waals surface area contributed by atoms with Gasteiger partial charge in [0.05, 0.1) is 0 Å². The number of hydrogen-bond acceptors (Lipinski definition) is 2. The molecule has 0 saturated heterocycles. The largest absolute Gasteiger partial charge is 0.456 e. The Morgan fingerprint density at radius 3 is 1.69 bits per heavy atom. The van der Waals surface area contributed by atoms with E-state index in [9.17, 15) is 0 Å². The van der Waals surface area contributed by atoms with E-state index >= 15 is 0 Å². The molecule has 0 aliphatic carbocycles. The summed E-state index contributed by atoms with van der Waals surface area (Å²) in [5.74, 6) is 0. The normalized spacial score (nSPS) is 11.3. The molecular formula is C46H31NO. The fraction of sp³-hybridized carbons (Fsp3) is 0. The highest BCUT2D eigenvalue weighted by Crippen LogP contribution is 2.40. The van der Waals surface area contributed by atoms with E-state index in [4.69, 9.17) is 4.42 Å². The molecule has 0 saturated carbocycles. The van der Waals surface area contributed by atoms with Gasteiger partial charge in [0.2, 0.25) is 0 Å². The summed E-state index contributed by atoms with van der Waals surface area (Å²) in [4.78, 5) is 2.34. The highest BCUT2D eigenvalue weighted by atomic mass is 16.3. The maximum atomic E-state index is 6.12. The number of rotatable bonds is 6. The van der Waals surface area contributed by atoms with Crippen LogP contribution in [0.3, 0.4) is 0 Å². The van der Waals surface area contributed by atoms with Crippen molar-refractivity contribution in [2.75, 3.05) is 4.90 Å². The number of hydrogen-bond donors (Lipinski definition) is 0. The van der Waals surface area contributed by atoms with Crippen LogP contribution in [0, 0.1) is 0 Å². The summed E-state index contributed by atoms with van der Waals surface area (Å²) < 4.78 is 6.12. The van der Waals surface area contributed by atoms with Crippen LogP contribution >= 0.6 is 0 Å². The minimum absolute atomic E-state index is 0.905. The molecule has 0 N–H and O–H groups in total. The summed E-state index contributed by atoms with van der Waals surface area (Å²) in [7, 11) is 0. The number of benzene rings is 8.